The van der Waals surface area contributed by atoms with Crippen molar-refractivity contribution < 1.29 is 4.79 Å². The Kier molecular flexibility index (Phi) is 5.14. The predicted octanol–water partition coefficient (Wildman–Crippen LogP) is 3.27. The molecule has 0 aliphatic carbocycles. The number of carbonyl (C=O) groups excluding carboxylic acids is 1. The zero-order chi connectivity index (χ0) is 15.2. The summed E-state index contributed by atoms with van der Waals surface area (Å²) in [4.78, 5) is 18.8. The Morgan fingerprint density at radius 3 is 2.57 bits per heavy atom. The number of aromatic nitrogens is 2. The molecule has 1 heterocycles. The van der Waals surface area contributed by atoms with Gasteiger partial charge in [-0.15, -0.1) is 0 Å². The number of carbonyl (C=O) groups is 1. The van der Waals surface area contributed by atoms with E-state index in [0.717, 1.165) is 12.0 Å². The maximum absolute atomic E-state index is 12.8. The molecule has 0 saturated carbocycles. The van der Waals surface area contributed by atoms with Gasteiger partial charge in [-0.05, 0) is 25.8 Å². The van der Waals surface area contributed by atoms with Crippen LogP contribution in [0.2, 0.25) is 0 Å². The molecule has 0 aliphatic rings. The molecule has 1 amide bonds. The Morgan fingerprint density at radius 2 is 2.00 bits per heavy atom. The van der Waals surface area contributed by atoms with Crippen LogP contribution < -0.4 is 0 Å². The van der Waals surface area contributed by atoms with E-state index in [1.807, 2.05) is 40.8 Å². The number of benzene rings is 1. The van der Waals surface area contributed by atoms with Crippen molar-refractivity contribution in [1.82, 2.24) is 14.5 Å². The molecule has 1 aromatic heterocycles. The quantitative estimate of drug-likeness (QED) is 0.817. The van der Waals surface area contributed by atoms with Gasteiger partial charge in [-0.25, -0.2) is 4.98 Å². The van der Waals surface area contributed by atoms with Crippen LogP contribution in [0.25, 0.3) is 0 Å². The first-order valence-electron chi connectivity index (χ1n) is 7.45. The van der Waals surface area contributed by atoms with E-state index in [9.17, 15) is 4.79 Å². The van der Waals surface area contributed by atoms with Gasteiger partial charge in [0, 0.05) is 25.0 Å². The minimum absolute atomic E-state index is 0.131. The Bertz CT molecular complexity index is 551. The SMILES string of the molecule is CC[C@@H](C)N(Cc1ccccc1)C(=O)[C@@H](C)n1ccnc1. The zero-order valence-electron chi connectivity index (χ0n) is 12.9. The topological polar surface area (TPSA) is 38.1 Å². The van der Waals surface area contributed by atoms with Crippen LogP contribution >= 0.6 is 0 Å². The van der Waals surface area contributed by atoms with Gasteiger partial charge in [-0.2, -0.15) is 0 Å². The van der Waals surface area contributed by atoms with E-state index in [4.69, 9.17) is 0 Å². The molecule has 112 valence electrons. The third kappa shape index (κ3) is 3.72. The van der Waals surface area contributed by atoms with E-state index in [2.05, 4.69) is 31.0 Å². The number of nitrogens with zero attached hydrogens (tertiary/aromatic N) is 3. The van der Waals surface area contributed by atoms with Crippen molar-refractivity contribution >= 4 is 5.91 Å². The Balaban J connectivity index is 2.17. The molecule has 1 aromatic carbocycles. The lowest BCUT2D eigenvalue weighted by Gasteiger charge is -2.31. The highest BCUT2D eigenvalue weighted by atomic mass is 16.2. The van der Waals surface area contributed by atoms with Crippen molar-refractivity contribution in [2.45, 2.75) is 45.8 Å². The molecular weight excluding hydrogens is 262 g/mol. The van der Waals surface area contributed by atoms with Crippen LogP contribution in [-0.2, 0) is 11.3 Å². The summed E-state index contributed by atoms with van der Waals surface area (Å²) in [6.45, 7) is 6.78. The first kappa shape index (κ1) is 15.3. The van der Waals surface area contributed by atoms with Gasteiger partial charge in [0.15, 0.2) is 0 Å². The standard InChI is InChI=1S/C17H23N3O/c1-4-14(2)20(12-16-8-6-5-7-9-16)17(21)15(3)19-11-10-18-13-19/h5-11,13-15H,4,12H2,1-3H3/t14-,15-/m1/s1. The summed E-state index contributed by atoms with van der Waals surface area (Å²) in [5.74, 6) is 0.131. The lowest BCUT2D eigenvalue weighted by atomic mass is 10.1. The fraction of sp³-hybridized carbons (Fsp3) is 0.412. The molecular formula is C17H23N3O. The highest BCUT2D eigenvalue weighted by Gasteiger charge is 2.25. The first-order valence-corrected chi connectivity index (χ1v) is 7.45. The van der Waals surface area contributed by atoms with Gasteiger partial charge in [0.05, 0.1) is 6.33 Å². The number of hydrogen-bond acceptors (Lipinski definition) is 2. The second kappa shape index (κ2) is 7.07. The molecule has 2 rings (SSSR count). The molecule has 0 spiro atoms. The van der Waals surface area contributed by atoms with Crippen LogP contribution in [0, 0.1) is 0 Å². The van der Waals surface area contributed by atoms with Crippen molar-refractivity contribution in [3.8, 4) is 0 Å². The Labute approximate surface area is 126 Å². The van der Waals surface area contributed by atoms with Crippen molar-refractivity contribution in [3.63, 3.8) is 0 Å². The minimum Gasteiger partial charge on any atom is -0.334 e. The molecule has 0 bridgehead atoms. The zero-order valence-corrected chi connectivity index (χ0v) is 12.9. The molecule has 0 fully saturated rings. The Morgan fingerprint density at radius 1 is 1.29 bits per heavy atom. The summed E-state index contributed by atoms with van der Waals surface area (Å²) < 4.78 is 1.85. The molecule has 0 saturated heterocycles. The summed E-state index contributed by atoms with van der Waals surface area (Å²) in [5.41, 5.74) is 1.16. The van der Waals surface area contributed by atoms with Gasteiger partial charge in [-0.3, -0.25) is 4.79 Å². The number of amides is 1. The first-order chi connectivity index (χ1) is 10.1. The average molecular weight is 285 g/mol. The van der Waals surface area contributed by atoms with Crippen LogP contribution in [0.1, 0.15) is 38.8 Å². The van der Waals surface area contributed by atoms with Crippen molar-refractivity contribution in [2.24, 2.45) is 0 Å². The highest BCUT2D eigenvalue weighted by Crippen LogP contribution is 2.17. The molecule has 21 heavy (non-hydrogen) atoms. The van der Waals surface area contributed by atoms with E-state index in [1.165, 1.54) is 0 Å². The predicted molar refractivity (Wildman–Crippen MR) is 83.7 cm³/mol. The summed E-state index contributed by atoms with van der Waals surface area (Å²) in [6, 6.07) is 10.1. The van der Waals surface area contributed by atoms with Gasteiger partial charge in [-0.1, -0.05) is 37.3 Å². The van der Waals surface area contributed by atoms with Gasteiger partial charge in [0.1, 0.15) is 6.04 Å². The molecule has 0 aliphatic heterocycles. The van der Waals surface area contributed by atoms with Crippen LogP contribution in [0.3, 0.4) is 0 Å². The van der Waals surface area contributed by atoms with Gasteiger partial charge in [0.2, 0.25) is 5.91 Å². The summed E-state index contributed by atoms with van der Waals surface area (Å²) in [5, 5.41) is 0. The van der Waals surface area contributed by atoms with E-state index < -0.39 is 0 Å². The third-order valence-corrected chi connectivity index (χ3v) is 3.93. The van der Waals surface area contributed by atoms with Crippen LogP contribution in [0.15, 0.2) is 49.1 Å². The second-order valence-electron chi connectivity index (χ2n) is 5.39. The van der Waals surface area contributed by atoms with E-state index in [0.29, 0.717) is 6.54 Å². The maximum Gasteiger partial charge on any atom is 0.245 e. The largest absolute Gasteiger partial charge is 0.334 e. The van der Waals surface area contributed by atoms with Crippen molar-refractivity contribution in [1.29, 1.82) is 0 Å². The van der Waals surface area contributed by atoms with Crippen molar-refractivity contribution in [2.75, 3.05) is 0 Å². The number of rotatable bonds is 6. The number of hydrogen-bond donors (Lipinski definition) is 0. The molecule has 4 heteroatoms. The lowest BCUT2D eigenvalue weighted by Crippen LogP contribution is -2.41. The van der Waals surface area contributed by atoms with Crippen LogP contribution in [0.5, 0.6) is 0 Å². The van der Waals surface area contributed by atoms with Gasteiger partial charge < -0.3 is 9.47 Å². The smallest absolute Gasteiger partial charge is 0.245 e. The van der Waals surface area contributed by atoms with E-state index in [-0.39, 0.29) is 18.0 Å². The highest BCUT2D eigenvalue weighted by molar-refractivity contribution is 5.80. The summed E-state index contributed by atoms with van der Waals surface area (Å²) in [7, 11) is 0. The van der Waals surface area contributed by atoms with Gasteiger partial charge >= 0.3 is 0 Å². The van der Waals surface area contributed by atoms with E-state index in [1.54, 1.807) is 12.5 Å². The molecule has 4 nitrogen and oxygen atoms in total. The number of imidazole rings is 1. The molecule has 2 aromatic rings. The monoisotopic (exact) mass is 285 g/mol. The van der Waals surface area contributed by atoms with Crippen molar-refractivity contribution in [3.05, 3.63) is 54.6 Å². The average Bonchev–Trinajstić information content (AvgIpc) is 3.06. The van der Waals surface area contributed by atoms with Gasteiger partial charge in [0.25, 0.3) is 0 Å². The second-order valence-corrected chi connectivity index (χ2v) is 5.39. The molecule has 0 N–H and O–H groups in total. The van der Waals surface area contributed by atoms with Crippen LogP contribution in [0.4, 0.5) is 0 Å². The molecule has 0 radical (unpaired) electrons. The van der Waals surface area contributed by atoms with E-state index >= 15 is 0 Å². The fourth-order valence-electron chi connectivity index (χ4n) is 2.32. The molecule has 2 atom stereocenters. The summed E-state index contributed by atoms with van der Waals surface area (Å²) >= 11 is 0. The lowest BCUT2D eigenvalue weighted by molar-refractivity contribution is -0.137. The minimum atomic E-state index is -0.231. The maximum atomic E-state index is 12.8. The third-order valence-electron chi connectivity index (χ3n) is 3.93. The summed E-state index contributed by atoms with van der Waals surface area (Å²) in [6.07, 6.45) is 6.17. The normalized spacial score (nSPS) is 13.7. The fourth-order valence-corrected chi connectivity index (χ4v) is 2.32. The molecule has 0 unspecified atom stereocenters. The van der Waals surface area contributed by atoms with Crippen LogP contribution in [-0.4, -0.2) is 26.4 Å². The Hall–Kier alpha value is -2.10.